The monoisotopic (exact) mass is 340 g/mol. The number of rotatable bonds is 9. The van der Waals surface area contributed by atoms with Gasteiger partial charge in [0, 0.05) is 0 Å². The van der Waals surface area contributed by atoms with Gasteiger partial charge >= 0.3 is 15.6 Å². The highest BCUT2D eigenvalue weighted by atomic mass is 31.3. The second kappa shape index (κ2) is 7.69. The van der Waals surface area contributed by atoms with Crippen LogP contribution in [0.25, 0.3) is 0 Å². The van der Waals surface area contributed by atoms with Gasteiger partial charge in [-0.1, -0.05) is 0 Å². The van der Waals surface area contributed by atoms with Crippen LogP contribution in [0.1, 0.15) is 0 Å². The van der Waals surface area contributed by atoms with E-state index >= 15 is 0 Å². The lowest BCUT2D eigenvalue weighted by atomic mass is 10.1. The van der Waals surface area contributed by atoms with Crippen molar-refractivity contribution in [2.45, 2.75) is 18.3 Å². The largest absolute Gasteiger partial charge is 0.481 e. The van der Waals surface area contributed by atoms with Crippen molar-refractivity contribution in [1.29, 1.82) is 0 Å². The number of aliphatic hydroxyl groups excluding tert-OH is 4. The van der Waals surface area contributed by atoms with E-state index in [-0.39, 0.29) is 0 Å². The molecule has 12 nitrogen and oxygen atoms in total. The van der Waals surface area contributed by atoms with E-state index in [0.29, 0.717) is 0 Å². The highest BCUT2D eigenvalue weighted by Crippen LogP contribution is 2.57. The average molecular weight is 340 g/mol. The maximum Gasteiger partial charge on any atom is 0.481 e. The van der Waals surface area contributed by atoms with Crippen molar-refractivity contribution in [3.05, 3.63) is 0 Å². The number of phosphoric ester groups is 1. The van der Waals surface area contributed by atoms with Gasteiger partial charge in [-0.05, 0) is 0 Å². The molecule has 0 saturated heterocycles. The molecule has 4 unspecified atom stereocenters. The highest BCUT2D eigenvalue weighted by molar-refractivity contribution is 7.60. The maximum atomic E-state index is 11.0. The van der Waals surface area contributed by atoms with Gasteiger partial charge in [0.2, 0.25) is 0 Å². The summed E-state index contributed by atoms with van der Waals surface area (Å²) in [6.07, 6.45) is -6.41. The zero-order valence-electron chi connectivity index (χ0n) is 9.71. The third kappa shape index (κ3) is 7.53. The molecule has 0 rings (SSSR count). The maximum absolute atomic E-state index is 11.0. The van der Waals surface area contributed by atoms with E-state index < -0.39 is 53.0 Å². The van der Waals surface area contributed by atoms with Crippen LogP contribution in [0.4, 0.5) is 0 Å². The van der Waals surface area contributed by atoms with Gasteiger partial charge < -0.3 is 35.1 Å². The Labute approximate surface area is 112 Å². The molecular weight excluding hydrogens is 326 g/mol. The van der Waals surface area contributed by atoms with Gasteiger partial charge in [0.05, 0.1) is 6.61 Å². The summed E-state index contributed by atoms with van der Waals surface area (Å²) >= 11 is 0. The highest BCUT2D eigenvalue weighted by Gasteiger charge is 2.35. The fraction of sp³-hybridized carbons (Fsp3) is 0.833. The van der Waals surface area contributed by atoms with Gasteiger partial charge in [0.1, 0.15) is 24.9 Å². The van der Waals surface area contributed by atoms with Crippen LogP contribution in [-0.2, 0) is 22.8 Å². The van der Waals surface area contributed by atoms with Crippen molar-refractivity contribution in [3.8, 4) is 0 Å². The van der Waals surface area contributed by atoms with Crippen LogP contribution >= 0.6 is 15.6 Å². The number of carbonyl (C=O) groups is 1. The molecular formula is C6H14O12P2. The topological polar surface area (TPSA) is 211 Å². The molecule has 120 valence electrons. The van der Waals surface area contributed by atoms with Gasteiger partial charge in [-0.3, -0.25) is 9.32 Å². The molecule has 0 heterocycles. The summed E-state index contributed by atoms with van der Waals surface area (Å²) < 4.78 is 28.6. The lowest BCUT2D eigenvalue weighted by Gasteiger charge is -2.22. The van der Waals surface area contributed by atoms with Gasteiger partial charge in [-0.15, -0.1) is 0 Å². The van der Waals surface area contributed by atoms with Gasteiger partial charge in [-0.25, -0.2) is 9.13 Å². The van der Waals surface area contributed by atoms with Crippen LogP contribution in [0.2, 0.25) is 0 Å². The van der Waals surface area contributed by atoms with Gasteiger partial charge in [0.15, 0.2) is 5.78 Å². The van der Waals surface area contributed by atoms with E-state index in [4.69, 9.17) is 24.9 Å². The standard InChI is InChI=1S/C6H14O12P2/c7-1-3(8)5(10)6(11)4(9)2-17-20(15,16)18-19(12,13)14/h4-7,9-11H,1-2H2,(H,15,16)(H2,12,13,14). The number of aliphatic hydroxyl groups is 4. The van der Waals surface area contributed by atoms with Crippen molar-refractivity contribution < 1.29 is 57.9 Å². The second-order valence-corrected chi connectivity index (χ2v) is 6.29. The molecule has 20 heavy (non-hydrogen) atoms. The second-order valence-electron chi connectivity index (χ2n) is 3.46. The Morgan fingerprint density at radius 3 is 2.00 bits per heavy atom. The Kier molecular flexibility index (Phi) is 7.60. The molecule has 0 aromatic carbocycles. The number of hydrogen-bond donors (Lipinski definition) is 7. The fourth-order valence-corrected chi connectivity index (χ4v) is 2.53. The summed E-state index contributed by atoms with van der Waals surface area (Å²) in [7, 11) is -10.5. The van der Waals surface area contributed by atoms with Crippen LogP contribution in [0.3, 0.4) is 0 Å². The van der Waals surface area contributed by atoms with Crippen molar-refractivity contribution in [2.24, 2.45) is 0 Å². The summed E-state index contributed by atoms with van der Waals surface area (Å²) in [5.41, 5.74) is 0. The number of Topliss-reactive ketones (excluding diaryl/α,β-unsaturated/α-hetero) is 1. The third-order valence-electron chi connectivity index (χ3n) is 1.82. The van der Waals surface area contributed by atoms with Crippen molar-refractivity contribution in [3.63, 3.8) is 0 Å². The molecule has 0 fully saturated rings. The lowest BCUT2D eigenvalue weighted by Crippen LogP contribution is -2.45. The molecule has 0 aliphatic rings. The Hall–Kier alpha value is -0.230. The first-order valence-electron chi connectivity index (χ1n) is 4.81. The molecule has 0 aliphatic heterocycles. The van der Waals surface area contributed by atoms with Gasteiger partial charge in [-0.2, -0.15) is 4.31 Å². The molecule has 0 aromatic rings. The van der Waals surface area contributed by atoms with E-state index in [1.807, 2.05) is 0 Å². The molecule has 0 bridgehead atoms. The first-order valence-corrected chi connectivity index (χ1v) is 7.84. The van der Waals surface area contributed by atoms with Crippen LogP contribution in [0.5, 0.6) is 0 Å². The van der Waals surface area contributed by atoms with E-state index in [2.05, 4.69) is 8.83 Å². The molecule has 0 amide bonds. The number of ketones is 1. The molecule has 0 aromatic heterocycles. The summed E-state index contributed by atoms with van der Waals surface area (Å²) in [5, 5.41) is 36.0. The van der Waals surface area contributed by atoms with E-state index in [1.54, 1.807) is 0 Å². The minimum atomic E-state index is -5.33. The van der Waals surface area contributed by atoms with Crippen molar-refractivity contribution in [2.75, 3.05) is 13.2 Å². The minimum Gasteiger partial charge on any atom is -0.388 e. The third-order valence-corrected chi connectivity index (χ3v) is 3.97. The molecule has 0 radical (unpaired) electrons. The van der Waals surface area contributed by atoms with Crippen LogP contribution in [0.15, 0.2) is 0 Å². The number of carbonyl (C=O) groups excluding carboxylic acids is 1. The van der Waals surface area contributed by atoms with E-state index in [9.17, 15) is 24.1 Å². The summed E-state index contributed by atoms with van der Waals surface area (Å²) in [6.45, 7) is -2.31. The fourth-order valence-electron chi connectivity index (χ4n) is 0.922. The zero-order chi connectivity index (χ0) is 16.1. The predicted octanol–water partition coefficient (Wildman–Crippen LogP) is -3.14. The first kappa shape index (κ1) is 19.8. The smallest absolute Gasteiger partial charge is 0.388 e. The first-order chi connectivity index (χ1) is 8.89. The summed E-state index contributed by atoms with van der Waals surface area (Å²) in [5.74, 6) is -1.23. The Morgan fingerprint density at radius 1 is 1.10 bits per heavy atom. The molecule has 4 atom stereocenters. The van der Waals surface area contributed by atoms with Crippen molar-refractivity contribution >= 4 is 21.4 Å². The van der Waals surface area contributed by atoms with Gasteiger partial charge in [0.25, 0.3) is 0 Å². The van der Waals surface area contributed by atoms with Crippen LogP contribution < -0.4 is 0 Å². The Bertz CT molecular complexity index is 416. The number of hydrogen-bond acceptors (Lipinski definition) is 9. The molecule has 14 heteroatoms. The molecule has 7 N–H and O–H groups in total. The zero-order valence-corrected chi connectivity index (χ0v) is 11.5. The Balaban J connectivity index is 4.48. The summed E-state index contributed by atoms with van der Waals surface area (Å²) in [4.78, 5) is 36.2. The Morgan fingerprint density at radius 2 is 1.60 bits per heavy atom. The SMILES string of the molecule is O=C(CO)C(O)C(O)C(O)COP(=O)(O)OP(=O)(O)O. The van der Waals surface area contributed by atoms with Crippen LogP contribution in [0, 0.1) is 0 Å². The molecule has 0 spiro atoms. The predicted molar refractivity (Wildman–Crippen MR) is 59.0 cm³/mol. The average Bonchev–Trinajstić information content (AvgIpc) is 2.30. The normalized spacial score (nSPS) is 19.9. The minimum absolute atomic E-state index is 1.12. The summed E-state index contributed by atoms with van der Waals surface area (Å²) in [6, 6.07) is 0. The van der Waals surface area contributed by atoms with E-state index in [1.165, 1.54) is 0 Å². The van der Waals surface area contributed by atoms with E-state index in [0.717, 1.165) is 0 Å². The quantitative estimate of drug-likeness (QED) is 0.207. The number of phosphoric acid groups is 2. The molecule has 0 aliphatic carbocycles. The van der Waals surface area contributed by atoms with Crippen LogP contribution in [-0.4, -0.2) is 72.4 Å². The molecule has 0 saturated carbocycles. The lowest BCUT2D eigenvalue weighted by molar-refractivity contribution is -0.142. The van der Waals surface area contributed by atoms with Crippen molar-refractivity contribution in [1.82, 2.24) is 0 Å².